The number of fused-ring (bicyclic) bond motifs is 3. The second-order valence-corrected chi connectivity index (χ2v) is 9.54. The van der Waals surface area contributed by atoms with E-state index >= 15 is 0 Å². The summed E-state index contributed by atoms with van der Waals surface area (Å²) < 4.78 is 3.13. The lowest BCUT2D eigenvalue weighted by Gasteiger charge is -2.37. The lowest BCUT2D eigenvalue weighted by Crippen LogP contribution is -2.56. The summed E-state index contributed by atoms with van der Waals surface area (Å²) in [5.74, 6) is -0.0842. The molecule has 1 aliphatic carbocycles. The number of hydrogen-bond donors (Lipinski definition) is 1. The summed E-state index contributed by atoms with van der Waals surface area (Å²) in [5, 5.41) is 5.30. The zero-order valence-corrected chi connectivity index (χ0v) is 18.1. The molecule has 5 nitrogen and oxygen atoms in total. The molecule has 3 heterocycles. The van der Waals surface area contributed by atoms with Gasteiger partial charge in [-0.2, -0.15) is 0 Å². The Balaban J connectivity index is 1.47. The molecule has 1 aliphatic heterocycles. The Morgan fingerprint density at radius 2 is 1.90 bits per heavy atom. The minimum atomic E-state index is -0.497. The Morgan fingerprint density at radius 3 is 2.67 bits per heavy atom. The van der Waals surface area contributed by atoms with Crippen LogP contribution in [-0.2, 0) is 17.9 Å². The van der Waals surface area contributed by atoms with Gasteiger partial charge in [0.1, 0.15) is 11.7 Å². The summed E-state index contributed by atoms with van der Waals surface area (Å²) in [6.45, 7) is 3.00. The fraction of sp³-hybridized carbons (Fsp3) is 0.417. The zero-order chi connectivity index (χ0) is 20.7. The molecule has 3 aromatic rings. The average molecular weight is 422 g/mol. The third-order valence-corrected chi connectivity index (χ3v) is 7.32. The van der Waals surface area contributed by atoms with Crippen molar-refractivity contribution in [2.45, 2.75) is 64.2 Å². The molecule has 0 radical (unpaired) electrons. The van der Waals surface area contributed by atoms with Gasteiger partial charge in [0.2, 0.25) is 5.91 Å². The first-order valence-corrected chi connectivity index (χ1v) is 11.7. The van der Waals surface area contributed by atoms with E-state index in [1.807, 2.05) is 34.2 Å². The number of nitrogens with one attached hydrogen (secondary N) is 1. The zero-order valence-electron chi connectivity index (χ0n) is 17.3. The van der Waals surface area contributed by atoms with Gasteiger partial charge in [-0.3, -0.25) is 9.59 Å². The van der Waals surface area contributed by atoms with Crippen LogP contribution in [0.25, 0.3) is 10.2 Å². The van der Waals surface area contributed by atoms with Crippen molar-refractivity contribution in [1.82, 2.24) is 14.8 Å². The Kier molecular flexibility index (Phi) is 5.11. The van der Waals surface area contributed by atoms with Crippen molar-refractivity contribution in [3.05, 3.63) is 58.6 Å². The largest absolute Gasteiger partial charge is 0.352 e. The minimum absolute atomic E-state index is 0.0231. The summed E-state index contributed by atoms with van der Waals surface area (Å²) in [5.41, 5.74) is 3.97. The highest BCUT2D eigenvalue weighted by Crippen LogP contribution is 2.31. The first-order valence-electron chi connectivity index (χ1n) is 10.8. The molecule has 1 N–H and O–H groups in total. The average Bonchev–Trinajstić information content (AvgIpc) is 3.34. The third-order valence-electron chi connectivity index (χ3n) is 6.46. The van der Waals surface area contributed by atoms with E-state index in [-0.39, 0.29) is 17.9 Å². The number of benzene rings is 1. The number of aryl methyl sites for hydroxylation is 1. The molecule has 2 amide bonds. The van der Waals surface area contributed by atoms with Crippen molar-refractivity contribution in [2.24, 2.45) is 0 Å². The fourth-order valence-corrected chi connectivity index (χ4v) is 5.57. The smallest absolute Gasteiger partial charge is 0.271 e. The summed E-state index contributed by atoms with van der Waals surface area (Å²) in [4.78, 5) is 28.6. The number of rotatable bonds is 4. The molecular weight excluding hydrogens is 394 g/mol. The number of nitrogens with zero attached hydrogens (tertiary/aromatic N) is 2. The monoisotopic (exact) mass is 421 g/mol. The van der Waals surface area contributed by atoms with Gasteiger partial charge in [0.25, 0.3) is 5.91 Å². The maximum absolute atomic E-state index is 13.5. The lowest BCUT2D eigenvalue weighted by molar-refractivity contribution is -0.127. The third kappa shape index (κ3) is 3.54. The highest BCUT2D eigenvalue weighted by molar-refractivity contribution is 7.17. The Bertz CT molecular complexity index is 1080. The number of carbonyl (C=O) groups excluding carboxylic acids is 2. The second-order valence-electron chi connectivity index (χ2n) is 8.59. The molecule has 2 aliphatic rings. The number of amides is 2. The van der Waals surface area contributed by atoms with Crippen LogP contribution in [0, 0.1) is 6.92 Å². The van der Waals surface area contributed by atoms with Crippen molar-refractivity contribution in [3.63, 3.8) is 0 Å². The number of carbonyl (C=O) groups is 2. The van der Waals surface area contributed by atoms with Gasteiger partial charge in [-0.1, -0.05) is 49.1 Å². The first kappa shape index (κ1) is 19.4. The predicted octanol–water partition coefficient (Wildman–Crippen LogP) is 4.48. The Hall–Kier alpha value is -2.60. The topological polar surface area (TPSA) is 54.3 Å². The van der Waals surface area contributed by atoms with E-state index in [4.69, 9.17) is 0 Å². The highest BCUT2D eigenvalue weighted by atomic mass is 32.1. The maximum Gasteiger partial charge on any atom is 0.271 e. The van der Waals surface area contributed by atoms with Crippen LogP contribution in [-0.4, -0.2) is 33.4 Å². The van der Waals surface area contributed by atoms with Crippen molar-refractivity contribution >= 4 is 33.4 Å². The SMILES string of the molecule is Cc1ccc(CN2C(=O)c3cc4sccc4n3CC2C(=O)NC2CCCCC2)cc1. The molecule has 1 fully saturated rings. The van der Waals surface area contributed by atoms with Gasteiger partial charge in [-0.05, 0) is 42.8 Å². The van der Waals surface area contributed by atoms with Gasteiger partial charge in [-0.15, -0.1) is 11.3 Å². The van der Waals surface area contributed by atoms with Gasteiger partial charge in [0.05, 0.1) is 16.8 Å². The molecule has 30 heavy (non-hydrogen) atoms. The van der Waals surface area contributed by atoms with Crippen LogP contribution in [0.4, 0.5) is 0 Å². The standard InChI is InChI=1S/C24H27N3O2S/c1-16-7-9-17(10-8-16)14-27-21(23(28)25-18-5-3-2-4-6-18)15-26-19-11-12-30-22(19)13-20(26)24(27)29/h7-13,18,21H,2-6,14-15H2,1H3,(H,25,28). The van der Waals surface area contributed by atoms with E-state index in [0.29, 0.717) is 18.8 Å². The van der Waals surface area contributed by atoms with Crippen molar-refractivity contribution in [1.29, 1.82) is 0 Å². The summed E-state index contributed by atoms with van der Waals surface area (Å²) in [6, 6.07) is 12.0. The maximum atomic E-state index is 13.5. The van der Waals surface area contributed by atoms with E-state index < -0.39 is 6.04 Å². The summed E-state index contributed by atoms with van der Waals surface area (Å²) in [7, 11) is 0. The van der Waals surface area contributed by atoms with E-state index in [0.717, 1.165) is 28.6 Å². The van der Waals surface area contributed by atoms with Crippen LogP contribution in [0.15, 0.2) is 41.8 Å². The Morgan fingerprint density at radius 1 is 1.13 bits per heavy atom. The fourth-order valence-electron chi connectivity index (χ4n) is 4.75. The molecule has 6 heteroatoms. The van der Waals surface area contributed by atoms with Crippen LogP contribution in [0.5, 0.6) is 0 Å². The van der Waals surface area contributed by atoms with Gasteiger partial charge in [-0.25, -0.2) is 0 Å². The van der Waals surface area contributed by atoms with E-state index in [1.165, 1.54) is 24.8 Å². The van der Waals surface area contributed by atoms with Gasteiger partial charge < -0.3 is 14.8 Å². The molecule has 0 spiro atoms. The number of aromatic nitrogens is 1. The van der Waals surface area contributed by atoms with Crippen molar-refractivity contribution in [2.75, 3.05) is 0 Å². The highest BCUT2D eigenvalue weighted by Gasteiger charge is 2.38. The molecule has 5 rings (SSSR count). The van der Waals surface area contributed by atoms with Crippen LogP contribution >= 0.6 is 11.3 Å². The van der Waals surface area contributed by atoms with Crippen LogP contribution in [0.3, 0.4) is 0 Å². The molecule has 1 unspecified atom stereocenters. The molecule has 1 atom stereocenters. The molecule has 1 aromatic carbocycles. The van der Waals surface area contributed by atoms with E-state index in [9.17, 15) is 9.59 Å². The number of thiophene rings is 1. The Labute approximate surface area is 180 Å². The predicted molar refractivity (Wildman–Crippen MR) is 120 cm³/mol. The molecular formula is C24H27N3O2S. The quantitative estimate of drug-likeness (QED) is 0.675. The first-order chi connectivity index (χ1) is 14.6. The van der Waals surface area contributed by atoms with Gasteiger partial charge in [0, 0.05) is 12.6 Å². The number of hydrogen-bond acceptors (Lipinski definition) is 3. The molecule has 1 saturated carbocycles. The summed E-state index contributed by atoms with van der Waals surface area (Å²) in [6.07, 6.45) is 5.65. The minimum Gasteiger partial charge on any atom is -0.352 e. The normalized spacial score (nSPS) is 19.8. The van der Waals surface area contributed by atoms with Gasteiger partial charge >= 0.3 is 0 Å². The molecule has 156 valence electrons. The molecule has 0 bridgehead atoms. The van der Waals surface area contributed by atoms with Gasteiger partial charge in [0.15, 0.2) is 0 Å². The van der Waals surface area contributed by atoms with Crippen molar-refractivity contribution in [3.8, 4) is 0 Å². The van der Waals surface area contributed by atoms with Crippen LogP contribution in [0.1, 0.15) is 53.7 Å². The lowest BCUT2D eigenvalue weighted by atomic mass is 9.95. The second kappa shape index (κ2) is 7.91. The van der Waals surface area contributed by atoms with Crippen LogP contribution in [0.2, 0.25) is 0 Å². The van der Waals surface area contributed by atoms with Crippen molar-refractivity contribution < 1.29 is 9.59 Å². The summed E-state index contributed by atoms with van der Waals surface area (Å²) >= 11 is 1.64. The van der Waals surface area contributed by atoms with E-state index in [2.05, 4.69) is 24.4 Å². The molecule has 2 aromatic heterocycles. The van der Waals surface area contributed by atoms with E-state index in [1.54, 1.807) is 16.2 Å². The van der Waals surface area contributed by atoms with Crippen LogP contribution < -0.4 is 5.32 Å². The molecule has 0 saturated heterocycles.